The Kier molecular flexibility index (Phi) is 8.92. The van der Waals surface area contributed by atoms with Crippen molar-refractivity contribution < 1.29 is 0 Å². The van der Waals surface area contributed by atoms with E-state index < -0.39 is 0 Å². The summed E-state index contributed by atoms with van der Waals surface area (Å²) in [5.41, 5.74) is 17.7. The average Bonchev–Trinajstić information content (AvgIpc) is 3.23. The molecule has 1 unspecified atom stereocenters. The molecule has 0 radical (unpaired) electrons. The number of benzene rings is 2. The van der Waals surface area contributed by atoms with Gasteiger partial charge in [0.25, 0.3) is 0 Å². The van der Waals surface area contributed by atoms with E-state index in [4.69, 9.17) is 10.7 Å². The summed E-state index contributed by atoms with van der Waals surface area (Å²) in [5.74, 6) is 0. The van der Waals surface area contributed by atoms with Gasteiger partial charge in [-0.3, -0.25) is 4.98 Å². The number of aromatic nitrogens is 2. The highest BCUT2D eigenvalue weighted by Crippen LogP contribution is 2.41. The Bertz CT molecular complexity index is 1470. The van der Waals surface area contributed by atoms with Gasteiger partial charge in [-0.15, -0.1) is 13.2 Å². The standard InChI is InChI=1S/C36H45N3/c1-8-29(37)22-26-13-11-14-27(21-26)28-16-17-34-31(23-28)32(24-36(6,7)19-18-25(4)5)35(39(34)10-3)30-15-12-20-38-33(30)9-2/h8,11-17,20-21,23,29H,1,4,9-10,18-19,22,24,37H2,2-3,5-7H3. The first-order valence-electron chi connectivity index (χ1n) is 14.4. The molecule has 3 nitrogen and oxygen atoms in total. The van der Waals surface area contributed by atoms with Crippen LogP contribution < -0.4 is 5.73 Å². The molecule has 0 aliphatic carbocycles. The molecule has 4 aromatic rings. The van der Waals surface area contributed by atoms with Gasteiger partial charge in [0.15, 0.2) is 0 Å². The minimum absolute atomic E-state index is 0.0378. The van der Waals surface area contributed by atoms with Gasteiger partial charge in [0.05, 0.1) is 5.69 Å². The van der Waals surface area contributed by atoms with Crippen LogP contribution in [0.25, 0.3) is 33.3 Å². The van der Waals surface area contributed by atoms with Gasteiger partial charge in [-0.05, 0) is 97.9 Å². The van der Waals surface area contributed by atoms with Crippen LogP contribution in [0.3, 0.4) is 0 Å². The summed E-state index contributed by atoms with van der Waals surface area (Å²) in [6.07, 6.45) is 8.59. The minimum atomic E-state index is -0.0378. The van der Waals surface area contributed by atoms with Gasteiger partial charge >= 0.3 is 0 Å². The molecular formula is C36H45N3. The number of nitrogens with zero attached hydrogens (tertiary/aromatic N) is 2. The van der Waals surface area contributed by atoms with E-state index >= 15 is 0 Å². The second kappa shape index (κ2) is 12.2. The lowest BCUT2D eigenvalue weighted by molar-refractivity contribution is 0.334. The Morgan fingerprint density at radius 1 is 1.08 bits per heavy atom. The Morgan fingerprint density at radius 2 is 1.85 bits per heavy atom. The molecule has 0 saturated carbocycles. The number of rotatable bonds is 12. The number of fused-ring (bicyclic) bond motifs is 1. The van der Waals surface area contributed by atoms with Crippen LogP contribution in [-0.2, 0) is 25.8 Å². The van der Waals surface area contributed by atoms with Crippen LogP contribution in [0.15, 0.2) is 85.6 Å². The molecule has 39 heavy (non-hydrogen) atoms. The molecular weight excluding hydrogens is 474 g/mol. The predicted octanol–water partition coefficient (Wildman–Crippen LogP) is 8.93. The third-order valence-electron chi connectivity index (χ3n) is 7.88. The van der Waals surface area contributed by atoms with E-state index in [0.717, 1.165) is 44.3 Å². The molecule has 0 saturated heterocycles. The number of aryl methyl sites for hydroxylation is 2. The molecule has 0 bridgehead atoms. The van der Waals surface area contributed by atoms with E-state index in [2.05, 4.69) is 107 Å². The summed E-state index contributed by atoms with van der Waals surface area (Å²) in [6.45, 7) is 20.3. The smallest absolute Gasteiger partial charge is 0.0542 e. The van der Waals surface area contributed by atoms with Crippen LogP contribution in [0.4, 0.5) is 0 Å². The lowest BCUT2D eigenvalue weighted by Crippen LogP contribution is -2.19. The van der Waals surface area contributed by atoms with Crippen molar-refractivity contribution >= 4 is 10.9 Å². The van der Waals surface area contributed by atoms with Crippen molar-refractivity contribution in [3.63, 3.8) is 0 Å². The molecule has 0 aliphatic rings. The topological polar surface area (TPSA) is 43.8 Å². The third-order valence-corrected chi connectivity index (χ3v) is 7.88. The first-order chi connectivity index (χ1) is 18.7. The van der Waals surface area contributed by atoms with Crippen molar-refractivity contribution in [3.8, 4) is 22.4 Å². The zero-order valence-corrected chi connectivity index (χ0v) is 24.6. The molecule has 0 spiro atoms. The highest BCUT2D eigenvalue weighted by molar-refractivity contribution is 5.95. The van der Waals surface area contributed by atoms with Crippen molar-refractivity contribution in [2.24, 2.45) is 11.1 Å². The molecule has 3 heteroatoms. The number of allylic oxidation sites excluding steroid dienone is 1. The highest BCUT2D eigenvalue weighted by Gasteiger charge is 2.26. The fourth-order valence-electron chi connectivity index (χ4n) is 5.71. The van der Waals surface area contributed by atoms with E-state index in [0.29, 0.717) is 0 Å². The summed E-state index contributed by atoms with van der Waals surface area (Å²) >= 11 is 0. The first-order valence-corrected chi connectivity index (χ1v) is 14.4. The molecule has 4 rings (SSSR count). The molecule has 0 fully saturated rings. The van der Waals surface area contributed by atoms with Crippen LogP contribution in [0.1, 0.15) is 64.3 Å². The van der Waals surface area contributed by atoms with E-state index in [9.17, 15) is 0 Å². The maximum absolute atomic E-state index is 6.17. The molecule has 2 aromatic heterocycles. The molecule has 2 heterocycles. The van der Waals surface area contributed by atoms with Gasteiger partial charge in [-0.2, -0.15) is 0 Å². The lowest BCUT2D eigenvalue weighted by Gasteiger charge is -2.26. The van der Waals surface area contributed by atoms with Crippen molar-refractivity contribution in [1.82, 2.24) is 9.55 Å². The van der Waals surface area contributed by atoms with Crippen molar-refractivity contribution in [2.75, 3.05) is 0 Å². The number of pyridine rings is 1. The van der Waals surface area contributed by atoms with E-state index in [1.165, 1.54) is 50.0 Å². The Hall–Kier alpha value is -3.43. The number of nitrogens with two attached hydrogens (primary N) is 1. The normalized spacial score (nSPS) is 12.6. The summed E-state index contributed by atoms with van der Waals surface area (Å²) in [5, 5.41) is 1.34. The van der Waals surface area contributed by atoms with Gasteiger partial charge in [-0.25, -0.2) is 0 Å². The van der Waals surface area contributed by atoms with Crippen molar-refractivity contribution in [1.29, 1.82) is 0 Å². The van der Waals surface area contributed by atoms with E-state index in [1.54, 1.807) is 0 Å². The molecule has 2 aromatic carbocycles. The number of hydrogen-bond acceptors (Lipinski definition) is 2. The van der Waals surface area contributed by atoms with Crippen LogP contribution in [-0.4, -0.2) is 15.6 Å². The summed E-state index contributed by atoms with van der Waals surface area (Å²) < 4.78 is 2.50. The second-order valence-corrected chi connectivity index (χ2v) is 11.8. The van der Waals surface area contributed by atoms with Gasteiger partial charge in [0.1, 0.15) is 0 Å². The van der Waals surface area contributed by atoms with Gasteiger partial charge in [-0.1, -0.05) is 62.8 Å². The SMILES string of the molecule is C=CC(N)Cc1cccc(-c2ccc3c(c2)c(CC(C)(C)CCC(=C)C)c(-c2cccnc2CC)n3CC)c1. The third kappa shape index (κ3) is 6.42. The van der Waals surface area contributed by atoms with Crippen LogP contribution in [0.5, 0.6) is 0 Å². The Balaban J connectivity index is 1.93. The van der Waals surface area contributed by atoms with Crippen molar-refractivity contribution in [2.45, 2.75) is 79.3 Å². The lowest BCUT2D eigenvalue weighted by atomic mass is 9.79. The largest absolute Gasteiger partial charge is 0.340 e. The summed E-state index contributed by atoms with van der Waals surface area (Å²) in [4.78, 5) is 4.78. The number of hydrogen-bond donors (Lipinski definition) is 1. The summed E-state index contributed by atoms with van der Waals surface area (Å²) in [7, 11) is 0. The fourth-order valence-corrected chi connectivity index (χ4v) is 5.71. The Labute approximate surface area is 235 Å². The molecule has 204 valence electrons. The molecule has 1 atom stereocenters. The second-order valence-electron chi connectivity index (χ2n) is 11.8. The highest BCUT2D eigenvalue weighted by atomic mass is 15.0. The van der Waals surface area contributed by atoms with E-state index in [-0.39, 0.29) is 11.5 Å². The van der Waals surface area contributed by atoms with Crippen molar-refractivity contribution in [3.05, 3.63) is 102 Å². The van der Waals surface area contributed by atoms with Crippen LogP contribution in [0.2, 0.25) is 0 Å². The average molecular weight is 520 g/mol. The minimum Gasteiger partial charge on any atom is -0.340 e. The molecule has 0 amide bonds. The molecule has 2 N–H and O–H groups in total. The maximum atomic E-state index is 6.17. The quantitative estimate of drug-likeness (QED) is 0.190. The predicted molar refractivity (Wildman–Crippen MR) is 169 cm³/mol. The van der Waals surface area contributed by atoms with Gasteiger partial charge < -0.3 is 10.3 Å². The van der Waals surface area contributed by atoms with Crippen LogP contribution >= 0.6 is 0 Å². The summed E-state index contributed by atoms with van der Waals surface area (Å²) in [6, 6.07) is 20.0. The zero-order chi connectivity index (χ0) is 28.2. The zero-order valence-electron chi connectivity index (χ0n) is 24.6. The Morgan fingerprint density at radius 3 is 2.54 bits per heavy atom. The van der Waals surface area contributed by atoms with E-state index in [1.807, 2.05) is 12.3 Å². The van der Waals surface area contributed by atoms with Crippen LogP contribution in [0, 0.1) is 5.41 Å². The van der Waals surface area contributed by atoms with Gasteiger partial charge in [0, 0.05) is 40.9 Å². The monoisotopic (exact) mass is 519 g/mol. The maximum Gasteiger partial charge on any atom is 0.0542 e. The molecule has 0 aliphatic heterocycles. The fraction of sp³-hybridized carbons (Fsp3) is 0.361. The first kappa shape index (κ1) is 28.6. The van der Waals surface area contributed by atoms with Gasteiger partial charge in [0.2, 0.25) is 0 Å².